The van der Waals surface area contributed by atoms with Crippen LogP contribution in [0.3, 0.4) is 0 Å². The number of benzene rings is 1. The number of ether oxygens (including phenoxy) is 2. The smallest absolute Gasteiger partial charge is 0.227 e. The van der Waals surface area contributed by atoms with Crippen molar-refractivity contribution in [2.75, 3.05) is 33.9 Å². The standard InChI is InChI=1S/C21H34N2O3/c1-7-25-17-8-9-18-15(13-17)12-16(14-26-18)20(24)22-19(21(2,3)4)10-11-23(5)6/h8-9,13,16,19H,7,10-12,14H2,1-6H3,(H,22,24). The zero-order valence-electron chi connectivity index (χ0n) is 17.1. The summed E-state index contributed by atoms with van der Waals surface area (Å²) in [6.07, 6.45) is 1.62. The summed E-state index contributed by atoms with van der Waals surface area (Å²) in [4.78, 5) is 15.0. The van der Waals surface area contributed by atoms with Crippen LogP contribution in [0.2, 0.25) is 0 Å². The lowest BCUT2D eigenvalue weighted by Gasteiger charge is -2.34. The summed E-state index contributed by atoms with van der Waals surface area (Å²) in [5, 5.41) is 3.28. The van der Waals surface area contributed by atoms with Crippen LogP contribution in [-0.2, 0) is 11.2 Å². The second kappa shape index (κ2) is 8.76. The maximum absolute atomic E-state index is 12.9. The molecule has 0 aliphatic carbocycles. The number of hydrogen-bond donors (Lipinski definition) is 1. The Kier molecular flexibility index (Phi) is 6.93. The van der Waals surface area contributed by atoms with Crippen LogP contribution in [-0.4, -0.2) is 50.7 Å². The molecule has 1 aromatic carbocycles. The van der Waals surface area contributed by atoms with Gasteiger partial charge in [-0.05, 0) is 69.6 Å². The number of carbonyl (C=O) groups excluding carboxylic acids is 1. The molecular formula is C21H34N2O3. The highest BCUT2D eigenvalue weighted by atomic mass is 16.5. The van der Waals surface area contributed by atoms with E-state index in [1.807, 2.05) is 25.1 Å². The zero-order chi connectivity index (χ0) is 19.3. The van der Waals surface area contributed by atoms with Crippen LogP contribution in [0.15, 0.2) is 18.2 Å². The fourth-order valence-corrected chi connectivity index (χ4v) is 3.19. The van der Waals surface area contributed by atoms with E-state index < -0.39 is 0 Å². The fourth-order valence-electron chi connectivity index (χ4n) is 3.19. The first-order valence-corrected chi connectivity index (χ1v) is 9.54. The zero-order valence-corrected chi connectivity index (χ0v) is 17.1. The Bertz CT molecular complexity index is 608. The van der Waals surface area contributed by atoms with E-state index in [-0.39, 0.29) is 23.3 Å². The molecule has 2 unspecified atom stereocenters. The van der Waals surface area contributed by atoms with Crippen molar-refractivity contribution in [2.45, 2.75) is 46.6 Å². The minimum absolute atomic E-state index is 0.0151. The first-order valence-electron chi connectivity index (χ1n) is 9.54. The third-order valence-electron chi connectivity index (χ3n) is 4.85. The van der Waals surface area contributed by atoms with Crippen molar-refractivity contribution in [2.24, 2.45) is 11.3 Å². The normalized spacial score (nSPS) is 18.0. The number of nitrogens with one attached hydrogen (secondary N) is 1. The molecule has 146 valence electrons. The average molecular weight is 363 g/mol. The second-order valence-corrected chi connectivity index (χ2v) is 8.43. The lowest BCUT2D eigenvalue weighted by molar-refractivity contribution is -0.127. The molecule has 0 saturated heterocycles. The van der Waals surface area contributed by atoms with Crippen molar-refractivity contribution in [3.05, 3.63) is 23.8 Å². The fraction of sp³-hybridized carbons (Fsp3) is 0.667. The summed E-state index contributed by atoms with van der Waals surface area (Å²) < 4.78 is 11.4. The van der Waals surface area contributed by atoms with Gasteiger partial charge in [-0.2, -0.15) is 0 Å². The van der Waals surface area contributed by atoms with Gasteiger partial charge in [-0.15, -0.1) is 0 Å². The second-order valence-electron chi connectivity index (χ2n) is 8.43. The number of amides is 1. The van der Waals surface area contributed by atoms with E-state index in [9.17, 15) is 4.79 Å². The SMILES string of the molecule is CCOc1ccc2c(c1)CC(C(=O)NC(CCN(C)C)C(C)(C)C)CO2. The van der Waals surface area contributed by atoms with Gasteiger partial charge >= 0.3 is 0 Å². The highest BCUT2D eigenvalue weighted by Crippen LogP contribution is 2.31. The summed E-state index contributed by atoms with van der Waals surface area (Å²) >= 11 is 0. The summed E-state index contributed by atoms with van der Waals surface area (Å²) in [7, 11) is 4.12. The van der Waals surface area contributed by atoms with E-state index in [1.54, 1.807) is 0 Å². The van der Waals surface area contributed by atoms with Gasteiger partial charge in [0.2, 0.25) is 5.91 Å². The molecule has 5 nitrogen and oxygen atoms in total. The van der Waals surface area contributed by atoms with Gasteiger partial charge in [0, 0.05) is 6.04 Å². The predicted octanol–water partition coefficient (Wildman–Crippen LogP) is 3.12. The molecule has 0 radical (unpaired) electrons. The molecule has 2 atom stereocenters. The molecule has 5 heteroatoms. The van der Waals surface area contributed by atoms with Crippen molar-refractivity contribution < 1.29 is 14.3 Å². The van der Waals surface area contributed by atoms with Gasteiger partial charge < -0.3 is 19.7 Å². The molecular weight excluding hydrogens is 328 g/mol. The van der Waals surface area contributed by atoms with E-state index >= 15 is 0 Å². The van der Waals surface area contributed by atoms with Crippen LogP contribution in [0.4, 0.5) is 0 Å². The third kappa shape index (κ3) is 5.63. The van der Waals surface area contributed by atoms with Crippen LogP contribution >= 0.6 is 0 Å². The van der Waals surface area contributed by atoms with Crippen LogP contribution in [0, 0.1) is 11.3 Å². The minimum Gasteiger partial charge on any atom is -0.494 e. The Labute approximate surface area is 158 Å². The van der Waals surface area contributed by atoms with E-state index in [0.29, 0.717) is 19.6 Å². The Morgan fingerprint density at radius 2 is 2.12 bits per heavy atom. The summed E-state index contributed by atoms with van der Waals surface area (Å²) in [5.74, 6) is 1.60. The minimum atomic E-state index is -0.163. The van der Waals surface area contributed by atoms with Crippen LogP contribution < -0.4 is 14.8 Å². The summed E-state index contributed by atoms with van der Waals surface area (Å²) in [6, 6.07) is 5.97. The van der Waals surface area contributed by atoms with Gasteiger partial charge in [0.1, 0.15) is 18.1 Å². The molecule has 0 bridgehead atoms. The number of fused-ring (bicyclic) bond motifs is 1. The first-order chi connectivity index (χ1) is 12.2. The average Bonchev–Trinajstić information content (AvgIpc) is 2.56. The quantitative estimate of drug-likeness (QED) is 0.810. The lowest BCUT2D eigenvalue weighted by Crippen LogP contribution is -2.49. The molecule has 1 aromatic rings. The maximum atomic E-state index is 12.9. The van der Waals surface area contributed by atoms with Gasteiger partial charge in [-0.25, -0.2) is 0 Å². The van der Waals surface area contributed by atoms with Gasteiger partial charge in [0.05, 0.1) is 12.5 Å². The molecule has 1 heterocycles. The highest BCUT2D eigenvalue weighted by Gasteiger charge is 2.31. The molecule has 0 saturated carbocycles. The Morgan fingerprint density at radius 3 is 2.73 bits per heavy atom. The molecule has 26 heavy (non-hydrogen) atoms. The summed E-state index contributed by atoms with van der Waals surface area (Å²) in [6.45, 7) is 10.5. The van der Waals surface area contributed by atoms with Crippen LogP contribution in [0.5, 0.6) is 11.5 Å². The van der Waals surface area contributed by atoms with E-state index in [0.717, 1.165) is 30.0 Å². The van der Waals surface area contributed by atoms with Gasteiger partial charge in [-0.1, -0.05) is 20.8 Å². The molecule has 1 aliphatic heterocycles. The van der Waals surface area contributed by atoms with Gasteiger partial charge in [0.15, 0.2) is 0 Å². The van der Waals surface area contributed by atoms with Crippen molar-refractivity contribution in [1.29, 1.82) is 0 Å². The van der Waals surface area contributed by atoms with Crippen LogP contribution in [0.25, 0.3) is 0 Å². The van der Waals surface area contributed by atoms with Gasteiger partial charge in [-0.3, -0.25) is 4.79 Å². The Balaban J connectivity index is 2.03. The molecule has 1 amide bonds. The summed E-state index contributed by atoms with van der Waals surface area (Å²) in [5.41, 5.74) is 1.06. The lowest BCUT2D eigenvalue weighted by atomic mass is 9.84. The van der Waals surface area contributed by atoms with Gasteiger partial charge in [0.25, 0.3) is 0 Å². The molecule has 1 aliphatic rings. The predicted molar refractivity (Wildman–Crippen MR) is 105 cm³/mol. The van der Waals surface area contributed by atoms with Crippen molar-refractivity contribution in [1.82, 2.24) is 10.2 Å². The highest BCUT2D eigenvalue weighted by molar-refractivity contribution is 5.80. The molecule has 1 N–H and O–H groups in total. The maximum Gasteiger partial charge on any atom is 0.227 e. The molecule has 0 spiro atoms. The van der Waals surface area contributed by atoms with E-state index in [1.165, 1.54) is 0 Å². The topological polar surface area (TPSA) is 50.8 Å². The Morgan fingerprint density at radius 1 is 1.38 bits per heavy atom. The van der Waals surface area contributed by atoms with Crippen molar-refractivity contribution in [3.63, 3.8) is 0 Å². The Hall–Kier alpha value is -1.75. The number of carbonyl (C=O) groups is 1. The molecule has 0 fully saturated rings. The van der Waals surface area contributed by atoms with Crippen LogP contribution in [0.1, 0.15) is 39.7 Å². The largest absolute Gasteiger partial charge is 0.494 e. The van der Waals surface area contributed by atoms with Crippen molar-refractivity contribution >= 4 is 5.91 Å². The molecule has 0 aromatic heterocycles. The van der Waals surface area contributed by atoms with Crippen molar-refractivity contribution in [3.8, 4) is 11.5 Å². The molecule has 2 rings (SSSR count). The van der Waals surface area contributed by atoms with E-state index in [4.69, 9.17) is 9.47 Å². The number of rotatable bonds is 7. The first kappa shape index (κ1) is 20.6. The van der Waals surface area contributed by atoms with E-state index in [2.05, 4.69) is 45.1 Å². The number of hydrogen-bond acceptors (Lipinski definition) is 4. The monoisotopic (exact) mass is 362 g/mol. The third-order valence-corrected chi connectivity index (χ3v) is 4.85. The number of nitrogens with zero attached hydrogens (tertiary/aromatic N) is 1.